The van der Waals surface area contributed by atoms with Gasteiger partial charge in [0.05, 0.1) is 24.1 Å². The molecular formula is C31H37ClN4O4. The highest BCUT2D eigenvalue weighted by atomic mass is 35.5. The maximum atomic E-state index is 12.5. The number of amides is 1. The molecule has 2 aromatic heterocycles. The Bertz CT molecular complexity index is 1580. The second kappa shape index (κ2) is 11.9. The van der Waals surface area contributed by atoms with Crippen LogP contribution < -0.4 is 11.1 Å². The average molecular weight is 565 g/mol. The van der Waals surface area contributed by atoms with Crippen molar-refractivity contribution >= 4 is 51.9 Å². The molecule has 2 aliphatic rings. The van der Waals surface area contributed by atoms with Crippen molar-refractivity contribution in [1.82, 2.24) is 14.5 Å². The van der Waals surface area contributed by atoms with E-state index in [-0.39, 0.29) is 37.1 Å². The number of carbonyl (C=O) groups excluding carboxylic acids is 3. The Labute approximate surface area is 240 Å². The largest absolute Gasteiger partial charge is 0.444 e. The summed E-state index contributed by atoms with van der Waals surface area (Å²) >= 11 is 0. The van der Waals surface area contributed by atoms with Crippen molar-refractivity contribution in [3.05, 3.63) is 71.0 Å². The molecule has 0 unspecified atom stereocenters. The fourth-order valence-corrected chi connectivity index (χ4v) is 5.63. The number of nitrogens with one attached hydrogen (secondary N) is 1. The summed E-state index contributed by atoms with van der Waals surface area (Å²) in [5, 5.41) is 4.57. The monoisotopic (exact) mass is 564 g/mol. The fourth-order valence-electron chi connectivity index (χ4n) is 5.63. The predicted molar refractivity (Wildman–Crippen MR) is 160 cm³/mol. The minimum absolute atomic E-state index is 0. The van der Waals surface area contributed by atoms with Crippen molar-refractivity contribution in [2.75, 3.05) is 13.1 Å². The smallest absolute Gasteiger partial charge is 0.408 e. The van der Waals surface area contributed by atoms with E-state index in [9.17, 15) is 14.4 Å². The first-order valence-electron chi connectivity index (χ1n) is 13.6. The molecule has 4 aromatic rings. The lowest BCUT2D eigenvalue weighted by atomic mass is 10.0. The van der Waals surface area contributed by atoms with Crippen LogP contribution in [0.15, 0.2) is 48.8 Å². The summed E-state index contributed by atoms with van der Waals surface area (Å²) < 4.78 is 9.50. The number of para-hydroxylation sites is 2. The van der Waals surface area contributed by atoms with Crippen molar-refractivity contribution in [3.63, 3.8) is 0 Å². The highest BCUT2D eigenvalue weighted by Crippen LogP contribution is 2.30. The molecule has 9 heteroatoms. The van der Waals surface area contributed by atoms with Crippen LogP contribution in [0.5, 0.6) is 0 Å². The van der Waals surface area contributed by atoms with E-state index in [0.717, 1.165) is 60.6 Å². The van der Waals surface area contributed by atoms with Crippen molar-refractivity contribution < 1.29 is 19.1 Å². The second-order valence-electron chi connectivity index (χ2n) is 11.2. The minimum Gasteiger partial charge on any atom is -0.444 e. The number of benzene rings is 2. The number of aryl methyl sites for hydroxylation is 4. The number of hydrogen-bond donors (Lipinski definition) is 2. The normalized spacial score (nSPS) is 13.7. The Balaban J connectivity index is 0.000000191. The molecule has 0 aliphatic carbocycles. The fraction of sp³-hybridized carbons (Fsp3) is 0.387. The maximum Gasteiger partial charge on any atom is 0.408 e. The highest BCUT2D eigenvalue weighted by molar-refractivity contribution is 6.10. The third-order valence-electron chi connectivity index (χ3n) is 7.23. The Morgan fingerprint density at radius 3 is 1.82 bits per heavy atom. The third-order valence-corrected chi connectivity index (χ3v) is 7.23. The van der Waals surface area contributed by atoms with Crippen LogP contribution in [-0.2, 0) is 30.7 Å². The highest BCUT2D eigenvalue weighted by Gasteiger charge is 2.22. The number of nitrogens with two attached hydrogens (primary N) is 1. The topological polar surface area (TPSA) is 108 Å². The first-order valence-corrected chi connectivity index (χ1v) is 13.6. The van der Waals surface area contributed by atoms with Gasteiger partial charge >= 0.3 is 6.09 Å². The number of carbonyl (C=O) groups is 3. The van der Waals surface area contributed by atoms with Crippen molar-refractivity contribution in [3.8, 4) is 0 Å². The van der Waals surface area contributed by atoms with Crippen molar-refractivity contribution in [2.24, 2.45) is 5.73 Å². The molecule has 0 saturated heterocycles. The van der Waals surface area contributed by atoms with Crippen molar-refractivity contribution in [1.29, 1.82) is 0 Å². The number of hydrogen-bond acceptors (Lipinski definition) is 5. The molecule has 0 radical (unpaired) electrons. The Kier molecular flexibility index (Phi) is 8.71. The summed E-state index contributed by atoms with van der Waals surface area (Å²) in [5.74, 6) is -0.0681. The predicted octanol–water partition coefficient (Wildman–Crippen LogP) is 5.45. The Morgan fingerprint density at radius 2 is 1.35 bits per heavy atom. The van der Waals surface area contributed by atoms with Gasteiger partial charge in [-0.2, -0.15) is 0 Å². The van der Waals surface area contributed by atoms with Gasteiger partial charge in [-0.3, -0.25) is 9.59 Å². The van der Waals surface area contributed by atoms with E-state index < -0.39 is 11.7 Å². The standard InChI is InChI=1S/C18H22N2O3.C13H14N2O.ClH/c1-18(2,3)23-17(22)19-10-15(21)14-11-20-9-5-7-12-6-4-8-13(14)16(12)20;14-7-12(16)11-8-15-6-2-4-9-3-1-5-10(11)13(9)15;/h4,6,8,11H,5,7,9-10H2,1-3H3,(H,19,22);1,3,5,8H,2,4,6-7,14H2;1H. The molecule has 6 rings (SSSR count). The molecule has 2 aromatic carbocycles. The molecule has 0 atom stereocenters. The molecule has 8 nitrogen and oxygen atoms in total. The van der Waals surface area contributed by atoms with Crippen LogP contribution in [-0.4, -0.2) is 45.5 Å². The van der Waals surface area contributed by atoms with Gasteiger partial charge in [-0.25, -0.2) is 4.79 Å². The number of ketones is 2. The molecule has 0 saturated carbocycles. The van der Waals surface area contributed by atoms with Crippen LogP contribution >= 0.6 is 12.4 Å². The zero-order valence-electron chi connectivity index (χ0n) is 23.3. The first-order chi connectivity index (χ1) is 18.7. The van der Waals surface area contributed by atoms with Gasteiger partial charge in [0.15, 0.2) is 11.6 Å². The van der Waals surface area contributed by atoms with E-state index >= 15 is 0 Å². The van der Waals surface area contributed by atoms with Gasteiger partial charge in [-0.15, -0.1) is 12.4 Å². The number of alkyl carbamates (subject to hydrolysis) is 1. The van der Waals surface area contributed by atoms with Crippen molar-refractivity contribution in [2.45, 2.75) is 65.1 Å². The molecule has 0 spiro atoms. The van der Waals surface area contributed by atoms with Crippen LogP contribution in [0.1, 0.15) is 65.5 Å². The number of Topliss-reactive ketones (excluding diaryl/α,β-unsaturated/α-hetero) is 2. The molecule has 40 heavy (non-hydrogen) atoms. The van der Waals surface area contributed by atoms with Gasteiger partial charge in [0.1, 0.15) is 5.60 Å². The minimum atomic E-state index is -0.573. The van der Waals surface area contributed by atoms with E-state index in [0.29, 0.717) is 5.56 Å². The zero-order chi connectivity index (χ0) is 27.7. The second-order valence-corrected chi connectivity index (χ2v) is 11.2. The zero-order valence-corrected chi connectivity index (χ0v) is 24.1. The molecular weight excluding hydrogens is 528 g/mol. The first kappa shape index (κ1) is 29.4. The lowest BCUT2D eigenvalue weighted by Crippen LogP contribution is -2.35. The molecule has 3 N–H and O–H groups in total. The summed E-state index contributed by atoms with van der Waals surface area (Å²) in [6.07, 6.45) is 7.69. The lowest BCUT2D eigenvalue weighted by molar-refractivity contribution is 0.0520. The van der Waals surface area contributed by atoms with Gasteiger partial charge in [0.2, 0.25) is 0 Å². The summed E-state index contributed by atoms with van der Waals surface area (Å²) in [5.41, 5.74) is 11.3. The average Bonchev–Trinajstić information content (AvgIpc) is 3.48. The van der Waals surface area contributed by atoms with E-state index in [1.165, 1.54) is 16.6 Å². The Morgan fingerprint density at radius 1 is 0.850 bits per heavy atom. The van der Waals surface area contributed by atoms with Crippen LogP contribution in [0.4, 0.5) is 4.79 Å². The molecule has 0 fully saturated rings. The molecule has 212 valence electrons. The van der Waals surface area contributed by atoms with Gasteiger partial charge in [-0.1, -0.05) is 36.4 Å². The van der Waals surface area contributed by atoms with Gasteiger partial charge < -0.3 is 24.9 Å². The molecule has 4 heterocycles. The van der Waals surface area contributed by atoms with E-state index in [1.807, 2.05) is 36.7 Å². The van der Waals surface area contributed by atoms with Crippen LogP contribution in [0.3, 0.4) is 0 Å². The van der Waals surface area contributed by atoms with Crippen LogP contribution in [0, 0.1) is 0 Å². The molecule has 1 amide bonds. The van der Waals surface area contributed by atoms with E-state index in [1.54, 1.807) is 20.8 Å². The van der Waals surface area contributed by atoms with Crippen LogP contribution in [0.25, 0.3) is 21.8 Å². The number of nitrogens with zero attached hydrogens (tertiary/aromatic N) is 2. The van der Waals surface area contributed by atoms with Gasteiger partial charge in [-0.05, 0) is 57.6 Å². The molecule has 2 aliphatic heterocycles. The van der Waals surface area contributed by atoms with Gasteiger partial charge in [0, 0.05) is 47.4 Å². The van der Waals surface area contributed by atoms with E-state index in [2.05, 4.69) is 26.6 Å². The maximum absolute atomic E-state index is 12.5. The summed E-state index contributed by atoms with van der Waals surface area (Å²) in [6, 6.07) is 12.3. The van der Waals surface area contributed by atoms with Crippen LogP contribution in [0.2, 0.25) is 0 Å². The Hall–Kier alpha value is -3.62. The SMILES string of the molecule is CC(C)(C)OC(=O)NCC(=O)c1cn2c3c(cccc13)CCC2.Cl.NCC(=O)c1cn2c3c(cccc13)CCC2. The lowest BCUT2D eigenvalue weighted by Gasteiger charge is -2.19. The molecule has 0 bridgehead atoms. The summed E-state index contributed by atoms with van der Waals surface area (Å²) in [7, 11) is 0. The summed E-state index contributed by atoms with van der Waals surface area (Å²) in [6.45, 7) is 7.34. The number of ether oxygens (including phenoxy) is 1. The third kappa shape index (κ3) is 5.93. The van der Waals surface area contributed by atoms with E-state index in [4.69, 9.17) is 10.5 Å². The summed E-state index contributed by atoms with van der Waals surface area (Å²) in [4.78, 5) is 35.9. The number of aromatic nitrogens is 2. The van der Waals surface area contributed by atoms with Gasteiger partial charge in [0.25, 0.3) is 0 Å². The quantitative estimate of drug-likeness (QED) is 0.314. The number of rotatable bonds is 5. The number of halogens is 1.